The monoisotopic (exact) mass is 262 g/mol. The molecule has 2 N–H and O–H groups in total. The van der Waals surface area contributed by atoms with Gasteiger partial charge in [-0.2, -0.15) is 0 Å². The summed E-state index contributed by atoms with van der Waals surface area (Å²) in [6.07, 6.45) is 2.86. The maximum atomic E-state index is 11.8. The van der Waals surface area contributed by atoms with Crippen LogP contribution in [0.2, 0.25) is 5.02 Å². The molecule has 1 aromatic heterocycles. The summed E-state index contributed by atoms with van der Waals surface area (Å²) < 4.78 is 0. The van der Waals surface area contributed by atoms with E-state index in [1.807, 2.05) is 18.2 Å². The fourth-order valence-corrected chi connectivity index (χ4v) is 1.71. The second kappa shape index (κ2) is 5.51. The third kappa shape index (κ3) is 2.78. The smallest absolute Gasteiger partial charge is 0.257 e. The maximum absolute atomic E-state index is 11.8. The molecule has 0 bridgehead atoms. The number of amides is 1. The summed E-state index contributed by atoms with van der Waals surface area (Å²) >= 11 is 5.97. The average Bonchev–Trinajstić information content (AvgIpc) is 2.38. The molecule has 0 saturated carbocycles. The first kappa shape index (κ1) is 12.4. The zero-order valence-electron chi connectivity index (χ0n) is 9.44. The molecule has 1 amide bonds. The van der Waals surface area contributed by atoms with Crippen LogP contribution in [0.15, 0.2) is 47.5 Å². The van der Waals surface area contributed by atoms with Gasteiger partial charge in [-0.25, -0.2) is 0 Å². The van der Waals surface area contributed by atoms with E-state index in [1.54, 1.807) is 6.07 Å². The van der Waals surface area contributed by atoms with E-state index in [9.17, 15) is 9.59 Å². The van der Waals surface area contributed by atoms with Crippen LogP contribution in [0.4, 0.5) is 0 Å². The lowest BCUT2D eigenvalue weighted by molar-refractivity contribution is 0.0949. The molecule has 2 rings (SSSR count). The Balaban J connectivity index is 2.08. The van der Waals surface area contributed by atoms with Gasteiger partial charge in [-0.1, -0.05) is 29.8 Å². The van der Waals surface area contributed by atoms with Gasteiger partial charge < -0.3 is 10.3 Å². The molecule has 18 heavy (non-hydrogen) atoms. The second-order valence-electron chi connectivity index (χ2n) is 3.70. The minimum absolute atomic E-state index is 0.0875. The predicted molar refractivity (Wildman–Crippen MR) is 69.7 cm³/mol. The summed E-state index contributed by atoms with van der Waals surface area (Å²) in [7, 11) is 0. The number of rotatable bonds is 3. The van der Waals surface area contributed by atoms with Crippen molar-refractivity contribution in [1.29, 1.82) is 0 Å². The molecule has 0 aliphatic rings. The lowest BCUT2D eigenvalue weighted by atomic mass is 10.2. The summed E-state index contributed by atoms with van der Waals surface area (Å²) in [5.74, 6) is -0.420. The molecule has 4 nitrogen and oxygen atoms in total. The zero-order chi connectivity index (χ0) is 13.0. The molecule has 2 aromatic rings. The third-order valence-corrected chi connectivity index (χ3v) is 2.83. The van der Waals surface area contributed by atoms with E-state index in [0.717, 1.165) is 5.56 Å². The Bertz CT molecular complexity index is 622. The molecule has 0 saturated heterocycles. The summed E-state index contributed by atoms with van der Waals surface area (Å²) in [5, 5.41) is 3.24. The summed E-state index contributed by atoms with van der Waals surface area (Å²) in [6.45, 7) is 0.285. The molecular weight excluding hydrogens is 252 g/mol. The molecular formula is C13H11ClN2O2. The minimum Gasteiger partial charge on any atom is -0.367 e. The Labute approximate surface area is 109 Å². The molecule has 1 aromatic carbocycles. The highest BCUT2D eigenvalue weighted by molar-refractivity contribution is 6.31. The Morgan fingerprint density at radius 1 is 1.28 bits per heavy atom. The van der Waals surface area contributed by atoms with Crippen LogP contribution < -0.4 is 10.7 Å². The van der Waals surface area contributed by atoms with E-state index in [-0.39, 0.29) is 17.5 Å². The van der Waals surface area contributed by atoms with Crippen molar-refractivity contribution in [3.8, 4) is 0 Å². The van der Waals surface area contributed by atoms with Crippen LogP contribution in [0.5, 0.6) is 0 Å². The third-order valence-electron chi connectivity index (χ3n) is 2.47. The number of aromatic nitrogens is 1. The molecule has 92 valence electrons. The Morgan fingerprint density at radius 2 is 2.06 bits per heavy atom. The number of carbonyl (C=O) groups excluding carboxylic acids is 1. The molecule has 0 fully saturated rings. The fourth-order valence-electron chi connectivity index (χ4n) is 1.51. The van der Waals surface area contributed by atoms with Crippen molar-refractivity contribution < 1.29 is 4.79 Å². The number of H-pyrrole nitrogens is 1. The zero-order valence-corrected chi connectivity index (χ0v) is 10.2. The van der Waals surface area contributed by atoms with Crippen LogP contribution in [0, 0.1) is 0 Å². The van der Waals surface area contributed by atoms with Gasteiger partial charge in [0.15, 0.2) is 5.43 Å². The maximum Gasteiger partial charge on any atom is 0.257 e. The largest absolute Gasteiger partial charge is 0.367 e. The van der Waals surface area contributed by atoms with Crippen molar-refractivity contribution in [3.05, 3.63) is 69.1 Å². The summed E-state index contributed by atoms with van der Waals surface area (Å²) in [6, 6.07) is 8.53. The van der Waals surface area contributed by atoms with Crippen molar-refractivity contribution in [2.24, 2.45) is 0 Å². The van der Waals surface area contributed by atoms with Gasteiger partial charge in [0.05, 0.1) is 0 Å². The van der Waals surface area contributed by atoms with Crippen molar-refractivity contribution >= 4 is 17.5 Å². The molecule has 5 heteroatoms. The Morgan fingerprint density at radius 3 is 2.78 bits per heavy atom. The topological polar surface area (TPSA) is 62.0 Å². The SMILES string of the molecule is O=C(NCc1ccccc1Cl)c1c[nH]ccc1=O. The highest BCUT2D eigenvalue weighted by Gasteiger charge is 2.09. The molecule has 0 aliphatic carbocycles. The van der Waals surface area contributed by atoms with Crippen LogP contribution in [-0.4, -0.2) is 10.9 Å². The quantitative estimate of drug-likeness (QED) is 0.888. The van der Waals surface area contributed by atoms with Crippen molar-refractivity contribution in [1.82, 2.24) is 10.3 Å². The molecule has 1 heterocycles. The predicted octanol–water partition coefficient (Wildman–Crippen LogP) is 1.96. The van der Waals surface area contributed by atoms with Crippen molar-refractivity contribution in [3.63, 3.8) is 0 Å². The van der Waals surface area contributed by atoms with E-state index in [2.05, 4.69) is 10.3 Å². The number of hydrogen-bond acceptors (Lipinski definition) is 2. The first-order valence-electron chi connectivity index (χ1n) is 5.37. The van der Waals surface area contributed by atoms with Crippen LogP contribution in [0.3, 0.4) is 0 Å². The first-order valence-corrected chi connectivity index (χ1v) is 5.75. The number of pyridine rings is 1. The van der Waals surface area contributed by atoms with Crippen LogP contribution in [0.25, 0.3) is 0 Å². The highest BCUT2D eigenvalue weighted by Crippen LogP contribution is 2.14. The number of hydrogen-bond donors (Lipinski definition) is 2. The normalized spacial score (nSPS) is 10.1. The average molecular weight is 263 g/mol. The second-order valence-corrected chi connectivity index (χ2v) is 4.10. The number of benzene rings is 1. The van der Waals surface area contributed by atoms with E-state index >= 15 is 0 Å². The standard InChI is InChI=1S/C13H11ClN2O2/c14-11-4-2-1-3-9(11)7-16-13(18)10-8-15-6-5-12(10)17/h1-6,8H,7H2,(H,15,17)(H,16,18). The molecule has 0 spiro atoms. The van der Waals surface area contributed by atoms with Crippen LogP contribution in [0.1, 0.15) is 15.9 Å². The molecule has 0 atom stereocenters. The van der Waals surface area contributed by atoms with Gasteiger partial charge in [-0.3, -0.25) is 9.59 Å². The van der Waals surface area contributed by atoms with Crippen LogP contribution in [-0.2, 0) is 6.54 Å². The van der Waals surface area contributed by atoms with Gasteiger partial charge in [0.25, 0.3) is 5.91 Å². The molecule has 0 unspecified atom stereocenters. The van der Waals surface area contributed by atoms with E-state index < -0.39 is 5.91 Å². The fraction of sp³-hybridized carbons (Fsp3) is 0.0769. The number of carbonyl (C=O) groups is 1. The van der Waals surface area contributed by atoms with Gasteiger partial charge >= 0.3 is 0 Å². The first-order chi connectivity index (χ1) is 8.68. The van der Waals surface area contributed by atoms with Gasteiger partial charge in [0.2, 0.25) is 0 Å². The van der Waals surface area contributed by atoms with Crippen molar-refractivity contribution in [2.75, 3.05) is 0 Å². The van der Waals surface area contributed by atoms with Gasteiger partial charge in [0, 0.05) is 30.0 Å². The Hall–Kier alpha value is -2.07. The van der Waals surface area contributed by atoms with E-state index in [4.69, 9.17) is 11.6 Å². The van der Waals surface area contributed by atoms with Crippen LogP contribution >= 0.6 is 11.6 Å². The molecule has 0 aliphatic heterocycles. The summed E-state index contributed by atoms with van der Waals surface area (Å²) in [4.78, 5) is 25.9. The minimum atomic E-state index is -0.420. The van der Waals surface area contributed by atoms with E-state index in [1.165, 1.54) is 18.5 Å². The number of nitrogens with one attached hydrogen (secondary N) is 2. The number of aromatic amines is 1. The lowest BCUT2D eigenvalue weighted by Crippen LogP contribution is -2.28. The highest BCUT2D eigenvalue weighted by atomic mass is 35.5. The van der Waals surface area contributed by atoms with Crippen molar-refractivity contribution in [2.45, 2.75) is 6.54 Å². The van der Waals surface area contributed by atoms with Gasteiger partial charge in [-0.15, -0.1) is 0 Å². The lowest BCUT2D eigenvalue weighted by Gasteiger charge is -2.06. The Kier molecular flexibility index (Phi) is 3.79. The van der Waals surface area contributed by atoms with E-state index in [0.29, 0.717) is 5.02 Å². The van der Waals surface area contributed by atoms with Gasteiger partial charge in [0.1, 0.15) is 5.56 Å². The molecule has 0 radical (unpaired) electrons. The number of halogens is 1. The van der Waals surface area contributed by atoms with Gasteiger partial charge in [-0.05, 0) is 11.6 Å². The summed E-state index contributed by atoms with van der Waals surface area (Å²) in [5.41, 5.74) is 0.579.